The highest BCUT2D eigenvalue weighted by Gasteiger charge is 2.30. The average molecular weight is 494 g/mol. The summed E-state index contributed by atoms with van der Waals surface area (Å²) in [6.45, 7) is -0.654. The predicted molar refractivity (Wildman–Crippen MR) is 117 cm³/mol. The first-order valence-electron chi connectivity index (χ1n) is 9.92. The SMILES string of the molecule is CSCCC(NC(=O)C(N)CO)C(=O)NC(CCC(N)=O)C(=O)NC(CCC(=O)O)C(=O)O. The summed E-state index contributed by atoms with van der Waals surface area (Å²) < 4.78 is 0. The van der Waals surface area contributed by atoms with E-state index in [-0.39, 0.29) is 19.3 Å². The zero-order valence-corrected chi connectivity index (χ0v) is 18.9. The maximum atomic E-state index is 12.8. The van der Waals surface area contributed by atoms with Crippen LogP contribution in [-0.2, 0) is 28.8 Å². The summed E-state index contributed by atoms with van der Waals surface area (Å²) in [5.74, 6) is -5.63. The Kier molecular flexibility index (Phi) is 14.4. The second-order valence-electron chi connectivity index (χ2n) is 7.03. The molecule has 0 aliphatic rings. The molecule has 14 nitrogen and oxygen atoms in total. The van der Waals surface area contributed by atoms with Crippen molar-refractivity contribution in [2.45, 2.75) is 56.3 Å². The van der Waals surface area contributed by atoms with Gasteiger partial charge < -0.3 is 42.7 Å². The topological polar surface area (TPSA) is 251 Å². The van der Waals surface area contributed by atoms with E-state index in [0.29, 0.717) is 5.75 Å². The molecule has 188 valence electrons. The molecule has 0 aromatic rings. The van der Waals surface area contributed by atoms with Gasteiger partial charge in [0.15, 0.2) is 0 Å². The van der Waals surface area contributed by atoms with E-state index in [1.165, 1.54) is 11.8 Å². The number of aliphatic hydroxyl groups is 1. The van der Waals surface area contributed by atoms with Gasteiger partial charge in [-0.15, -0.1) is 0 Å². The number of hydrogen-bond donors (Lipinski definition) is 8. The second kappa shape index (κ2) is 15.8. The van der Waals surface area contributed by atoms with E-state index in [1.54, 1.807) is 6.26 Å². The lowest BCUT2D eigenvalue weighted by Gasteiger charge is -2.25. The largest absolute Gasteiger partial charge is 0.481 e. The van der Waals surface area contributed by atoms with Crippen molar-refractivity contribution in [3.63, 3.8) is 0 Å². The van der Waals surface area contributed by atoms with E-state index < -0.39 is 79.2 Å². The Morgan fingerprint density at radius 2 is 1.30 bits per heavy atom. The molecule has 0 aromatic heterocycles. The van der Waals surface area contributed by atoms with Gasteiger partial charge in [0.05, 0.1) is 6.61 Å². The zero-order chi connectivity index (χ0) is 25.6. The van der Waals surface area contributed by atoms with Crippen LogP contribution in [0.3, 0.4) is 0 Å². The Morgan fingerprint density at radius 1 is 0.818 bits per heavy atom. The summed E-state index contributed by atoms with van der Waals surface area (Å²) >= 11 is 1.38. The normalized spacial score (nSPS) is 14.3. The number of rotatable bonds is 17. The van der Waals surface area contributed by atoms with Crippen molar-refractivity contribution >= 4 is 47.3 Å². The van der Waals surface area contributed by atoms with E-state index in [2.05, 4.69) is 16.0 Å². The van der Waals surface area contributed by atoms with Crippen LogP contribution in [-0.4, -0.2) is 93.7 Å². The lowest BCUT2D eigenvalue weighted by molar-refractivity contribution is -0.143. The molecule has 0 spiro atoms. The molecule has 0 rings (SSSR count). The third kappa shape index (κ3) is 12.6. The van der Waals surface area contributed by atoms with Gasteiger partial charge in [0.2, 0.25) is 23.6 Å². The molecule has 4 atom stereocenters. The van der Waals surface area contributed by atoms with Crippen LogP contribution in [0.15, 0.2) is 0 Å². The van der Waals surface area contributed by atoms with Crippen LogP contribution in [0.25, 0.3) is 0 Å². The van der Waals surface area contributed by atoms with E-state index in [0.717, 1.165) is 0 Å². The number of carbonyl (C=O) groups excluding carboxylic acids is 4. The number of nitrogens with one attached hydrogen (secondary N) is 3. The summed E-state index contributed by atoms with van der Waals surface area (Å²) in [5, 5.41) is 33.8. The first-order valence-corrected chi connectivity index (χ1v) is 11.3. The Morgan fingerprint density at radius 3 is 1.76 bits per heavy atom. The number of carboxylic acids is 2. The third-order valence-corrected chi connectivity index (χ3v) is 4.99. The van der Waals surface area contributed by atoms with Crippen molar-refractivity contribution in [1.82, 2.24) is 16.0 Å². The maximum absolute atomic E-state index is 12.8. The van der Waals surface area contributed by atoms with Crippen LogP contribution in [0.2, 0.25) is 0 Å². The molecule has 0 saturated heterocycles. The van der Waals surface area contributed by atoms with Gasteiger partial charge >= 0.3 is 11.9 Å². The summed E-state index contributed by atoms with van der Waals surface area (Å²) in [6, 6.07) is -5.34. The Labute approximate surface area is 194 Å². The molecule has 10 N–H and O–H groups in total. The van der Waals surface area contributed by atoms with E-state index in [9.17, 15) is 33.9 Å². The number of carboxylic acid groups (broad SMARTS) is 2. The van der Waals surface area contributed by atoms with Crippen molar-refractivity contribution in [1.29, 1.82) is 0 Å². The van der Waals surface area contributed by atoms with Gasteiger partial charge in [-0.05, 0) is 31.3 Å². The fourth-order valence-electron chi connectivity index (χ4n) is 2.49. The molecule has 15 heteroatoms. The van der Waals surface area contributed by atoms with Gasteiger partial charge in [0, 0.05) is 12.8 Å². The molecule has 0 heterocycles. The van der Waals surface area contributed by atoms with Gasteiger partial charge in [0.25, 0.3) is 0 Å². The van der Waals surface area contributed by atoms with Crippen LogP contribution in [0.1, 0.15) is 32.1 Å². The number of carbonyl (C=O) groups is 6. The predicted octanol–water partition coefficient (Wildman–Crippen LogP) is -3.27. The molecule has 0 aromatic carbocycles. The van der Waals surface area contributed by atoms with Crippen LogP contribution in [0.4, 0.5) is 0 Å². The average Bonchev–Trinajstić information content (AvgIpc) is 2.74. The molecule has 4 unspecified atom stereocenters. The Hall–Kier alpha value is -2.91. The number of primary amides is 1. The lowest BCUT2D eigenvalue weighted by atomic mass is 10.1. The minimum Gasteiger partial charge on any atom is -0.481 e. The standard InChI is InChI=1S/C18H31N5O9S/c1-33-7-6-11(21-15(28)9(19)8-24)17(30)22-10(2-4-13(20)25)16(29)23-12(18(31)32)3-5-14(26)27/h9-12,24H,2-8,19H2,1H3,(H2,20,25)(H,21,28)(H,22,30)(H,23,29)(H,26,27)(H,31,32). The molecule has 0 aliphatic heterocycles. The quantitative estimate of drug-likeness (QED) is 0.0997. The summed E-state index contributed by atoms with van der Waals surface area (Å²) in [7, 11) is 0. The van der Waals surface area contributed by atoms with Gasteiger partial charge in [-0.1, -0.05) is 0 Å². The minimum absolute atomic E-state index is 0.150. The fourth-order valence-corrected chi connectivity index (χ4v) is 2.96. The van der Waals surface area contributed by atoms with Gasteiger partial charge in [0.1, 0.15) is 24.2 Å². The number of thioether (sulfide) groups is 1. The number of nitrogens with two attached hydrogens (primary N) is 2. The highest BCUT2D eigenvalue weighted by Crippen LogP contribution is 2.06. The first-order chi connectivity index (χ1) is 15.4. The Bertz CT molecular complexity index is 721. The van der Waals surface area contributed by atoms with E-state index in [1.807, 2.05) is 0 Å². The summed E-state index contributed by atoms with van der Waals surface area (Å²) in [5.41, 5.74) is 10.5. The zero-order valence-electron chi connectivity index (χ0n) is 18.1. The molecule has 0 radical (unpaired) electrons. The highest BCUT2D eigenvalue weighted by molar-refractivity contribution is 7.98. The van der Waals surface area contributed by atoms with E-state index in [4.69, 9.17) is 21.7 Å². The van der Waals surface area contributed by atoms with Gasteiger partial charge in [-0.2, -0.15) is 11.8 Å². The highest BCUT2D eigenvalue weighted by atomic mass is 32.2. The first kappa shape index (κ1) is 30.1. The summed E-state index contributed by atoms with van der Waals surface area (Å²) in [4.78, 5) is 70.6. The fraction of sp³-hybridized carbons (Fsp3) is 0.667. The molecular formula is C18H31N5O9S. The Balaban J connectivity index is 5.49. The second-order valence-corrected chi connectivity index (χ2v) is 8.02. The molecule has 0 aliphatic carbocycles. The smallest absolute Gasteiger partial charge is 0.326 e. The van der Waals surface area contributed by atoms with E-state index >= 15 is 0 Å². The number of aliphatic hydroxyl groups excluding tert-OH is 1. The lowest BCUT2D eigenvalue weighted by Crippen LogP contribution is -2.57. The number of hydrogen-bond acceptors (Lipinski definition) is 9. The van der Waals surface area contributed by atoms with Crippen LogP contribution < -0.4 is 27.4 Å². The molecule has 0 fully saturated rings. The summed E-state index contributed by atoms with van der Waals surface area (Å²) in [6.07, 6.45) is 0.404. The van der Waals surface area contributed by atoms with Gasteiger partial charge in [-0.3, -0.25) is 24.0 Å². The van der Waals surface area contributed by atoms with Gasteiger partial charge in [-0.25, -0.2) is 4.79 Å². The molecule has 0 bridgehead atoms. The molecular weight excluding hydrogens is 462 g/mol. The number of amides is 4. The van der Waals surface area contributed by atoms with Crippen molar-refractivity contribution in [2.24, 2.45) is 11.5 Å². The minimum atomic E-state index is -1.55. The molecule has 0 saturated carbocycles. The van der Waals surface area contributed by atoms with Crippen molar-refractivity contribution in [2.75, 3.05) is 18.6 Å². The van der Waals surface area contributed by atoms with Crippen molar-refractivity contribution in [3.8, 4) is 0 Å². The number of aliphatic carboxylic acids is 2. The van der Waals surface area contributed by atoms with Crippen LogP contribution in [0.5, 0.6) is 0 Å². The van der Waals surface area contributed by atoms with Crippen molar-refractivity contribution < 1.29 is 44.1 Å². The maximum Gasteiger partial charge on any atom is 0.326 e. The van der Waals surface area contributed by atoms with Crippen LogP contribution in [0, 0.1) is 0 Å². The third-order valence-electron chi connectivity index (χ3n) is 4.35. The molecule has 33 heavy (non-hydrogen) atoms. The van der Waals surface area contributed by atoms with Crippen LogP contribution >= 0.6 is 11.8 Å². The monoisotopic (exact) mass is 493 g/mol. The van der Waals surface area contributed by atoms with Crippen molar-refractivity contribution in [3.05, 3.63) is 0 Å². The molecule has 4 amide bonds.